The number of anilines is 2. The molecule has 1 aromatic heterocycles. The van der Waals surface area contributed by atoms with Crippen LogP contribution in [0.4, 0.5) is 11.5 Å². The molecule has 7 nitrogen and oxygen atoms in total. The van der Waals surface area contributed by atoms with Crippen molar-refractivity contribution in [3.63, 3.8) is 0 Å². The van der Waals surface area contributed by atoms with Crippen molar-refractivity contribution in [2.45, 2.75) is 24.3 Å². The number of sulfonamides is 1. The van der Waals surface area contributed by atoms with Crippen LogP contribution in [0.2, 0.25) is 5.02 Å². The van der Waals surface area contributed by atoms with Gasteiger partial charge in [-0.25, -0.2) is 8.42 Å². The van der Waals surface area contributed by atoms with Gasteiger partial charge in [0, 0.05) is 33.2 Å². The Morgan fingerprint density at radius 2 is 1.69 bits per heavy atom. The van der Waals surface area contributed by atoms with E-state index in [0.717, 1.165) is 10.0 Å². The molecule has 2 N–H and O–H groups in total. The standard InChI is InChI=1S/C25H21BrClN3O4S/c1-16-14-25(29-34-16)30-35(32,33)22-12-10-21(11-13-22)28-23(17-4-8-20(27)9-5-17)15-24(31)18-2-6-19(26)7-3-18/h2-14,23,28H,15H2,1H3,(H,29,30). The van der Waals surface area contributed by atoms with E-state index in [4.69, 9.17) is 16.1 Å². The second kappa shape index (κ2) is 10.6. The number of benzene rings is 3. The van der Waals surface area contributed by atoms with Gasteiger partial charge in [-0.3, -0.25) is 9.52 Å². The lowest BCUT2D eigenvalue weighted by Gasteiger charge is -2.20. The second-order valence-corrected chi connectivity index (χ2v) is 10.9. The monoisotopic (exact) mass is 573 g/mol. The molecule has 1 atom stereocenters. The molecule has 3 aromatic carbocycles. The van der Waals surface area contributed by atoms with Gasteiger partial charge in [-0.1, -0.05) is 57.0 Å². The molecule has 0 radical (unpaired) electrons. The van der Waals surface area contributed by atoms with Gasteiger partial charge in [0.15, 0.2) is 11.6 Å². The van der Waals surface area contributed by atoms with Gasteiger partial charge in [0.05, 0.1) is 10.9 Å². The Morgan fingerprint density at radius 3 is 2.29 bits per heavy atom. The van der Waals surface area contributed by atoms with E-state index in [1.807, 2.05) is 24.3 Å². The van der Waals surface area contributed by atoms with Gasteiger partial charge in [0.25, 0.3) is 10.0 Å². The van der Waals surface area contributed by atoms with Gasteiger partial charge in [-0.15, -0.1) is 0 Å². The van der Waals surface area contributed by atoms with E-state index in [-0.39, 0.29) is 29.0 Å². The number of aryl methyl sites for hydroxylation is 1. The number of hydrogen-bond acceptors (Lipinski definition) is 6. The van der Waals surface area contributed by atoms with Crippen LogP contribution in [-0.4, -0.2) is 19.4 Å². The first-order chi connectivity index (χ1) is 16.7. The topological polar surface area (TPSA) is 101 Å². The fourth-order valence-electron chi connectivity index (χ4n) is 3.43. The molecule has 0 saturated carbocycles. The molecule has 0 spiro atoms. The molecule has 4 rings (SSSR count). The number of hydrogen-bond donors (Lipinski definition) is 2. The average Bonchev–Trinajstić information content (AvgIpc) is 3.23. The lowest BCUT2D eigenvalue weighted by atomic mass is 9.97. The summed E-state index contributed by atoms with van der Waals surface area (Å²) in [5.41, 5.74) is 2.13. The summed E-state index contributed by atoms with van der Waals surface area (Å²) < 4.78 is 33.5. The molecular formula is C25H21BrClN3O4S. The highest BCUT2D eigenvalue weighted by Crippen LogP contribution is 2.27. The predicted molar refractivity (Wildman–Crippen MR) is 139 cm³/mol. The van der Waals surface area contributed by atoms with Gasteiger partial charge in [-0.2, -0.15) is 0 Å². The van der Waals surface area contributed by atoms with Crippen LogP contribution in [0, 0.1) is 6.92 Å². The quantitative estimate of drug-likeness (QED) is 0.218. The van der Waals surface area contributed by atoms with Crippen LogP contribution < -0.4 is 10.0 Å². The molecule has 0 aliphatic rings. The van der Waals surface area contributed by atoms with Crippen molar-refractivity contribution in [3.8, 4) is 0 Å². The minimum absolute atomic E-state index is 0.0312. The first kappa shape index (κ1) is 25.0. The Labute approximate surface area is 216 Å². The molecule has 180 valence electrons. The van der Waals surface area contributed by atoms with Crippen molar-refractivity contribution in [1.82, 2.24) is 5.16 Å². The van der Waals surface area contributed by atoms with Gasteiger partial charge in [0.2, 0.25) is 0 Å². The first-order valence-corrected chi connectivity index (χ1v) is 13.2. The summed E-state index contributed by atoms with van der Waals surface area (Å²) in [6.45, 7) is 1.67. The Morgan fingerprint density at radius 1 is 1.03 bits per heavy atom. The van der Waals surface area contributed by atoms with Crippen LogP contribution in [0.5, 0.6) is 0 Å². The summed E-state index contributed by atoms with van der Waals surface area (Å²) in [5, 5.41) is 7.60. The first-order valence-electron chi connectivity index (χ1n) is 10.6. The van der Waals surface area contributed by atoms with Gasteiger partial charge in [-0.05, 0) is 61.0 Å². The molecule has 35 heavy (non-hydrogen) atoms. The third-order valence-electron chi connectivity index (χ3n) is 5.20. The lowest BCUT2D eigenvalue weighted by molar-refractivity contribution is 0.0976. The normalized spacial score (nSPS) is 12.2. The molecule has 0 aliphatic heterocycles. The number of rotatable bonds is 9. The van der Waals surface area contributed by atoms with Crippen LogP contribution in [0.1, 0.15) is 34.1 Å². The second-order valence-electron chi connectivity index (χ2n) is 7.84. The lowest BCUT2D eigenvalue weighted by Crippen LogP contribution is -2.16. The van der Waals surface area contributed by atoms with E-state index >= 15 is 0 Å². The highest BCUT2D eigenvalue weighted by molar-refractivity contribution is 9.10. The van der Waals surface area contributed by atoms with Gasteiger partial charge < -0.3 is 9.84 Å². The number of nitrogens with zero attached hydrogens (tertiary/aromatic N) is 1. The van der Waals surface area contributed by atoms with Gasteiger partial charge >= 0.3 is 0 Å². The van der Waals surface area contributed by atoms with Crippen LogP contribution in [-0.2, 0) is 10.0 Å². The number of Topliss-reactive ketones (excluding diaryl/α,β-unsaturated/α-hetero) is 1. The molecule has 1 unspecified atom stereocenters. The zero-order chi connectivity index (χ0) is 25.0. The van der Waals surface area contributed by atoms with Crippen molar-refractivity contribution >= 4 is 54.8 Å². The summed E-state index contributed by atoms with van der Waals surface area (Å²) in [6, 6.07) is 21.8. The minimum Gasteiger partial charge on any atom is -0.378 e. The smallest absolute Gasteiger partial charge is 0.263 e. The Balaban J connectivity index is 1.53. The third kappa shape index (κ3) is 6.50. The van der Waals surface area contributed by atoms with E-state index in [1.165, 1.54) is 18.2 Å². The van der Waals surface area contributed by atoms with E-state index in [2.05, 4.69) is 31.1 Å². The number of carbonyl (C=O) groups excluding carboxylic acids is 1. The number of aromatic nitrogens is 1. The van der Waals surface area contributed by atoms with E-state index in [0.29, 0.717) is 22.0 Å². The van der Waals surface area contributed by atoms with Crippen LogP contribution >= 0.6 is 27.5 Å². The Bertz CT molecular complexity index is 1420. The summed E-state index contributed by atoms with van der Waals surface area (Å²) in [6.07, 6.45) is 0.191. The van der Waals surface area contributed by atoms with Crippen molar-refractivity contribution in [3.05, 3.63) is 105 Å². The summed E-state index contributed by atoms with van der Waals surface area (Å²) in [7, 11) is -3.83. The minimum atomic E-state index is -3.83. The van der Waals surface area contributed by atoms with Crippen molar-refractivity contribution < 1.29 is 17.7 Å². The Hall–Kier alpha value is -3.14. The maximum Gasteiger partial charge on any atom is 0.263 e. The molecule has 10 heteroatoms. The van der Waals surface area contributed by atoms with Crippen molar-refractivity contribution in [1.29, 1.82) is 0 Å². The van der Waals surface area contributed by atoms with Gasteiger partial charge in [0.1, 0.15) is 5.76 Å². The van der Waals surface area contributed by atoms with Crippen LogP contribution in [0.15, 0.2) is 92.8 Å². The fourth-order valence-corrected chi connectivity index (χ4v) is 4.80. The molecule has 0 fully saturated rings. The summed E-state index contributed by atoms with van der Waals surface area (Å²) in [4.78, 5) is 13.0. The SMILES string of the molecule is Cc1cc(NS(=O)(=O)c2ccc(NC(CC(=O)c3ccc(Br)cc3)c3ccc(Cl)cc3)cc2)no1. The molecular weight excluding hydrogens is 554 g/mol. The molecule has 0 bridgehead atoms. The maximum atomic E-state index is 13.0. The van der Waals surface area contributed by atoms with Crippen LogP contribution in [0.25, 0.3) is 0 Å². The number of halogens is 2. The summed E-state index contributed by atoms with van der Waals surface area (Å²) in [5.74, 6) is 0.573. The number of ketones is 1. The molecule has 1 heterocycles. The average molecular weight is 575 g/mol. The van der Waals surface area contributed by atoms with E-state index in [1.54, 1.807) is 43.3 Å². The molecule has 0 amide bonds. The Kier molecular flexibility index (Phi) is 7.59. The highest BCUT2D eigenvalue weighted by Gasteiger charge is 2.19. The third-order valence-corrected chi connectivity index (χ3v) is 7.35. The highest BCUT2D eigenvalue weighted by atomic mass is 79.9. The number of carbonyl (C=O) groups is 1. The fraction of sp³-hybridized carbons (Fsp3) is 0.120. The number of nitrogens with one attached hydrogen (secondary N) is 2. The van der Waals surface area contributed by atoms with Crippen molar-refractivity contribution in [2.75, 3.05) is 10.0 Å². The van der Waals surface area contributed by atoms with E-state index in [9.17, 15) is 13.2 Å². The zero-order valence-electron chi connectivity index (χ0n) is 18.5. The summed E-state index contributed by atoms with van der Waals surface area (Å²) >= 11 is 9.43. The predicted octanol–water partition coefficient (Wildman–Crippen LogP) is 6.63. The maximum absolute atomic E-state index is 13.0. The van der Waals surface area contributed by atoms with Crippen LogP contribution in [0.3, 0.4) is 0 Å². The largest absolute Gasteiger partial charge is 0.378 e. The molecule has 4 aromatic rings. The van der Waals surface area contributed by atoms with E-state index < -0.39 is 10.0 Å². The zero-order valence-corrected chi connectivity index (χ0v) is 21.7. The molecule has 0 aliphatic carbocycles. The molecule has 0 saturated heterocycles. The van der Waals surface area contributed by atoms with Crippen molar-refractivity contribution in [2.24, 2.45) is 0 Å².